The van der Waals surface area contributed by atoms with E-state index in [0.29, 0.717) is 32.9 Å². The molecular weight excluding hydrogens is 394 g/mol. The molecule has 1 aromatic heterocycles. The van der Waals surface area contributed by atoms with Crippen molar-refractivity contribution in [1.29, 1.82) is 0 Å². The van der Waals surface area contributed by atoms with Gasteiger partial charge in [0.25, 0.3) is 5.91 Å². The van der Waals surface area contributed by atoms with Gasteiger partial charge in [-0.05, 0) is 12.1 Å². The number of anilines is 2. The summed E-state index contributed by atoms with van der Waals surface area (Å²) in [5, 5.41) is 6.16. The molecule has 0 aliphatic heterocycles. The molecule has 0 fully saturated rings. The summed E-state index contributed by atoms with van der Waals surface area (Å²) in [6.07, 6.45) is -0.645. The molecule has 2 amide bonds. The van der Waals surface area contributed by atoms with Crippen LogP contribution in [-0.4, -0.2) is 38.3 Å². The first kappa shape index (κ1) is 20.2. The second kappa shape index (κ2) is 9.07. The average Bonchev–Trinajstić information content (AvgIpc) is 3.15. The lowest BCUT2D eigenvalue weighted by Crippen LogP contribution is -2.12. The Morgan fingerprint density at radius 1 is 0.931 bits per heavy atom. The second-order valence-corrected chi connectivity index (χ2v) is 6.73. The first-order chi connectivity index (χ1) is 14.0. The van der Waals surface area contributed by atoms with Crippen molar-refractivity contribution in [2.45, 2.75) is 0 Å². The van der Waals surface area contributed by atoms with Crippen LogP contribution >= 0.6 is 11.3 Å². The molecule has 0 aliphatic rings. The fourth-order valence-electron chi connectivity index (χ4n) is 2.50. The van der Waals surface area contributed by atoms with Crippen molar-refractivity contribution in [3.05, 3.63) is 54.1 Å². The van der Waals surface area contributed by atoms with Crippen LogP contribution in [0, 0.1) is 0 Å². The lowest BCUT2D eigenvalue weighted by atomic mass is 10.1. The Balaban J connectivity index is 1.95. The van der Waals surface area contributed by atoms with Gasteiger partial charge in [0, 0.05) is 17.2 Å². The maximum absolute atomic E-state index is 12.9. The molecule has 3 aromatic rings. The minimum atomic E-state index is -0.645. The molecule has 8 nitrogen and oxygen atoms in total. The van der Waals surface area contributed by atoms with E-state index in [2.05, 4.69) is 20.4 Å². The lowest BCUT2D eigenvalue weighted by Gasteiger charge is -2.09. The van der Waals surface area contributed by atoms with Crippen LogP contribution in [0.1, 0.15) is 10.4 Å². The molecule has 9 heteroatoms. The van der Waals surface area contributed by atoms with Gasteiger partial charge in [-0.25, -0.2) is 9.78 Å². The number of carbonyl (C=O) groups is 2. The molecule has 3 rings (SSSR count). The van der Waals surface area contributed by atoms with Crippen molar-refractivity contribution in [3.63, 3.8) is 0 Å². The highest BCUT2D eigenvalue weighted by Gasteiger charge is 2.18. The highest BCUT2D eigenvalue weighted by Crippen LogP contribution is 2.36. The number of benzene rings is 2. The van der Waals surface area contributed by atoms with Crippen LogP contribution in [-0.2, 0) is 4.74 Å². The predicted octanol–water partition coefficient (Wildman–Crippen LogP) is 4.26. The largest absolute Gasteiger partial charge is 0.497 e. The lowest BCUT2D eigenvalue weighted by molar-refractivity contribution is 0.102. The Kier molecular flexibility index (Phi) is 6.30. The first-order valence-electron chi connectivity index (χ1n) is 8.49. The predicted molar refractivity (Wildman–Crippen MR) is 111 cm³/mol. The highest BCUT2D eigenvalue weighted by atomic mass is 32.1. The number of ether oxygens (including phenoxy) is 3. The second-order valence-electron chi connectivity index (χ2n) is 5.73. The molecule has 0 unspecified atom stereocenters. The number of nitrogens with one attached hydrogen (secondary N) is 2. The topological polar surface area (TPSA) is 98.8 Å². The number of thiazole rings is 1. The molecule has 0 spiro atoms. The van der Waals surface area contributed by atoms with Crippen LogP contribution in [0.4, 0.5) is 14.9 Å². The van der Waals surface area contributed by atoms with Crippen LogP contribution in [0.25, 0.3) is 11.3 Å². The third kappa shape index (κ3) is 4.82. The van der Waals surface area contributed by atoms with Gasteiger partial charge in [-0.2, -0.15) is 0 Å². The van der Waals surface area contributed by atoms with Gasteiger partial charge in [-0.3, -0.25) is 10.1 Å². The first-order valence-corrected chi connectivity index (χ1v) is 9.31. The van der Waals surface area contributed by atoms with Crippen molar-refractivity contribution < 1.29 is 23.8 Å². The zero-order valence-electron chi connectivity index (χ0n) is 16.0. The summed E-state index contributed by atoms with van der Waals surface area (Å²) < 4.78 is 15.1. The van der Waals surface area contributed by atoms with Crippen LogP contribution in [0.3, 0.4) is 0 Å². The minimum Gasteiger partial charge on any atom is -0.497 e. The number of aromatic nitrogens is 1. The van der Waals surface area contributed by atoms with Crippen LogP contribution in [0.5, 0.6) is 11.5 Å². The van der Waals surface area contributed by atoms with E-state index in [-0.39, 0.29) is 5.91 Å². The van der Waals surface area contributed by atoms with Gasteiger partial charge >= 0.3 is 6.09 Å². The van der Waals surface area contributed by atoms with E-state index in [1.807, 2.05) is 30.3 Å². The number of nitrogens with zero attached hydrogens (tertiary/aromatic N) is 1. The van der Waals surface area contributed by atoms with E-state index in [1.54, 1.807) is 18.2 Å². The third-order valence-corrected chi connectivity index (χ3v) is 4.80. The van der Waals surface area contributed by atoms with Gasteiger partial charge in [-0.15, -0.1) is 0 Å². The number of amides is 2. The molecule has 0 aliphatic carbocycles. The molecule has 29 heavy (non-hydrogen) atoms. The number of methoxy groups -OCH3 is 3. The van der Waals surface area contributed by atoms with E-state index in [0.717, 1.165) is 16.9 Å². The van der Waals surface area contributed by atoms with Crippen molar-refractivity contribution in [2.75, 3.05) is 32.0 Å². The smallest absolute Gasteiger partial charge is 0.413 e. The Morgan fingerprint density at radius 3 is 2.17 bits per heavy atom. The van der Waals surface area contributed by atoms with Gasteiger partial charge in [0.2, 0.25) is 0 Å². The third-order valence-electron chi connectivity index (χ3n) is 3.91. The van der Waals surface area contributed by atoms with Crippen molar-refractivity contribution >= 4 is 33.5 Å². The zero-order chi connectivity index (χ0) is 20.8. The molecule has 2 aromatic carbocycles. The quantitative estimate of drug-likeness (QED) is 0.627. The van der Waals surface area contributed by atoms with Gasteiger partial charge in [0.05, 0.1) is 21.3 Å². The standard InChI is InChI=1S/C20H19N3O5S/c1-26-14-9-13(10-15(11-14)27-2)17(24)22-18-16(12-7-5-4-6-8-12)21-19(29-18)23-20(25)28-3/h4-11H,1-3H3,(H,22,24)(H,21,23,25). The fourth-order valence-corrected chi connectivity index (χ4v) is 3.37. The van der Waals surface area contributed by atoms with Crippen LogP contribution in [0.2, 0.25) is 0 Å². The monoisotopic (exact) mass is 413 g/mol. The van der Waals surface area contributed by atoms with E-state index >= 15 is 0 Å². The Hall–Kier alpha value is -3.59. The van der Waals surface area contributed by atoms with Gasteiger partial charge in [0.1, 0.15) is 22.2 Å². The summed E-state index contributed by atoms with van der Waals surface area (Å²) in [6, 6.07) is 14.2. The molecule has 1 heterocycles. The van der Waals surface area contributed by atoms with E-state index in [9.17, 15) is 9.59 Å². The van der Waals surface area contributed by atoms with Crippen molar-refractivity contribution in [1.82, 2.24) is 4.98 Å². The van der Waals surface area contributed by atoms with E-state index < -0.39 is 6.09 Å². The maximum atomic E-state index is 12.9. The maximum Gasteiger partial charge on any atom is 0.413 e. The summed E-state index contributed by atoms with van der Waals surface area (Å²) in [5.74, 6) is 0.623. The molecular formula is C20H19N3O5S. The molecule has 0 radical (unpaired) electrons. The summed E-state index contributed by atoms with van der Waals surface area (Å²) in [7, 11) is 4.29. The summed E-state index contributed by atoms with van der Waals surface area (Å²) in [4.78, 5) is 28.8. The molecule has 150 valence electrons. The minimum absolute atomic E-state index is 0.300. The number of hydrogen-bond acceptors (Lipinski definition) is 7. The van der Waals surface area contributed by atoms with Crippen LogP contribution in [0.15, 0.2) is 48.5 Å². The van der Waals surface area contributed by atoms with Gasteiger partial charge in [0.15, 0.2) is 5.13 Å². The van der Waals surface area contributed by atoms with Gasteiger partial charge in [-0.1, -0.05) is 41.7 Å². The van der Waals surface area contributed by atoms with Crippen molar-refractivity contribution in [2.24, 2.45) is 0 Å². The SMILES string of the molecule is COC(=O)Nc1nc(-c2ccccc2)c(NC(=O)c2cc(OC)cc(OC)c2)s1. The van der Waals surface area contributed by atoms with Crippen molar-refractivity contribution in [3.8, 4) is 22.8 Å². The number of rotatable bonds is 6. The molecule has 2 N–H and O–H groups in total. The molecule has 0 saturated carbocycles. The summed E-state index contributed by atoms with van der Waals surface area (Å²) in [5.41, 5.74) is 1.68. The van der Waals surface area contributed by atoms with Crippen LogP contribution < -0.4 is 20.1 Å². The number of carbonyl (C=O) groups excluding carboxylic acids is 2. The zero-order valence-corrected chi connectivity index (χ0v) is 16.8. The Morgan fingerprint density at radius 2 is 1.59 bits per heavy atom. The summed E-state index contributed by atoms with van der Waals surface area (Å²) in [6.45, 7) is 0. The van der Waals surface area contributed by atoms with Gasteiger partial charge < -0.3 is 19.5 Å². The number of hydrogen-bond donors (Lipinski definition) is 2. The fraction of sp³-hybridized carbons (Fsp3) is 0.150. The highest BCUT2D eigenvalue weighted by molar-refractivity contribution is 7.20. The molecule has 0 saturated heterocycles. The average molecular weight is 413 g/mol. The summed E-state index contributed by atoms with van der Waals surface area (Å²) >= 11 is 1.12. The Bertz CT molecular complexity index is 998. The van der Waals surface area contributed by atoms with E-state index in [4.69, 9.17) is 9.47 Å². The normalized spacial score (nSPS) is 10.2. The molecule has 0 bridgehead atoms. The van der Waals surface area contributed by atoms with E-state index in [1.165, 1.54) is 21.3 Å². The molecule has 0 atom stereocenters. The Labute approximate surface area is 171 Å².